The molecule has 7 nitrogen and oxygen atoms in total. The van der Waals surface area contributed by atoms with Gasteiger partial charge < -0.3 is 14.2 Å². The van der Waals surface area contributed by atoms with Gasteiger partial charge in [0.25, 0.3) is 11.1 Å². The summed E-state index contributed by atoms with van der Waals surface area (Å²) in [5.74, 6) is 1.37. The van der Waals surface area contributed by atoms with E-state index in [1.807, 2.05) is 0 Å². The van der Waals surface area contributed by atoms with Gasteiger partial charge >= 0.3 is 0 Å². The molecule has 118 valence electrons. The quantitative estimate of drug-likeness (QED) is 0.704. The lowest BCUT2D eigenvalue weighted by atomic mass is 10.3. The summed E-state index contributed by atoms with van der Waals surface area (Å²) in [6.45, 7) is 1.80. The van der Waals surface area contributed by atoms with Crippen molar-refractivity contribution >= 4 is 35.1 Å². The van der Waals surface area contributed by atoms with E-state index in [1.54, 1.807) is 31.4 Å². The van der Waals surface area contributed by atoms with E-state index in [0.29, 0.717) is 27.7 Å². The summed E-state index contributed by atoms with van der Waals surface area (Å²) in [6.07, 6.45) is 3.01. The molecule has 0 aliphatic carbocycles. The van der Waals surface area contributed by atoms with E-state index in [2.05, 4.69) is 20.5 Å². The molecule has 0 fully saturated rings. The molecular weight excluding hydrogens is 340 g/mol. The SMILES string of the molecule is Cc1occc1-c1nnc(SCC(=O)Nc2ccc(Cl)cn2)o1. The second kappa shape index (κ2) is 6.84. The summed E-state index contributed by atoms with van der Waals surface area (Å²) in [6, 6.07) is 5.02. The van der Waals surface area contributed by atoms with E-state index in [1.165, 1.54) is 6.20 Å². The maximum Gasteiger partial charge on any atom is 0.277 e. The van der Waals surface area contributed by atoms with Gasteiger partial charge in [-0.2, -0.15) is 0 Å². The minimum Gasteiger partial charge on any atom is -0.469 e. The Kier molecular flexibility index (Phi) is 4.63. The van der Waals surface area contributed by atoms with Crippen molar-refractivity contribution in [1.29, 1.82) is 0 Å². The Morgan fingerprint density at radius 3 is 2.91 bits per heavy atom. The van der Waals surface area contributed by atoms with Gasteiger partial charge in [-0.1, -0.05) is 23.4 Å². The van der Waals surface area contributed by atoms with Crippen LogP contribution in [0.5, 0.6) is 0 Å². The lowest BCUT2D eigenvalue weighted by Crippen LogP contribution is -2.14. The number of anilines is 1. The van der Waals surface area contributed by atoms with Crippen LogP contribution in [-0.4, -0.2) is 26.8 Å². The molecule has 3 heterocycles. The fraction of sp³-hybridized carbons (Fsp3) is 0.143. The predicted octanol–water partition coefficient (Wildman–Crippen LogP) is 3.42. The number of pyridine rings is 1. The number of carbonyl (C=O) groups excluding carboxylic acids is 1. The van der Waals surface area contributed by atoms with Crippen LogP contribution in [0.3, 0.4) is 0 Å². The van der Waals surface area contributed by atoms with Crippen molar-refractivity contribution in [2.75, 3.05) is 11.1 Å². The maximum atomic E-state index is 11.9. The Balaban J connectivity index is 1.56. The van der Waals surface area contributed by atoms with Gasteiger partial charge in [-0.3, -0.25) is 4.79 Å². The Bertz CT molecular complexity index is 816. The molecule has 0 saturated heterocycles. The van der Waals surface area contributed by atoms with E-state index in [0.717, 1.165) is 17.3 Å². The van der Waals surface area contributed by atoms with Crippen molar-refractivity contribution in [3.05, 3.63) is 41.4 Å². The highest BCUT2D eigenvalue weighted by molar-refractivity contribution is 7.99. The molecule has 0 saturated carbocycles. The van der Waals surface area contributed by atoms with Crippen LogP contribution in [-0.2, 0) is 4.79 Å². The minimum absolute atomic E-state index is 0.121. The summed E-state index contributed by atoms with van der Waals surface area (Å²) in [7, 11) is 0. The molecule has 0 aromatic carbocycles. The number of thioether (sulfide) groups is 1. The number of amides is 1. The number of rotatable bonds is 5. The van der Waals surface area contributed by atoms with Crippen LogP contribution in [0.25, 0.3) is 11.5 Å². The molecule has 0 atom stereocenters. The fourth-order valence-corrected chi connectivity index (χ4v) is 2.41. The van der Waals surface area contributed by atoms with E-state index >= 15 is 0 Å². The molecule has 3 aromatic rings. The highest BCUT2D eigenvalue weighted by Gasteiger charge is 2.14. The number of hydrogen-bond acceptors (Lipinski definition) is 7. The topological polar surface area (TPSA) is 94.0 Å². The van der Waals surface area contributed by atoms with Gasteiger partial charge in [-0.15, -0.1) is 10.2 Å². The summed E-state index contributed by atoms with van der Waals surface area (Å²) in [4.78, 5) is 15.8. The molecule has 0 bridgehead atoms. The van der Waals surface area contributed by atoms with Crippen LogP contribution in [0.4, 0.5) is 5.82 Å². The lowest BCUT2D eigenvalue weighted by molar-refractivity contribution is -0.113. The molecule has 0 radical (unpaired) electrons. The van der Waals surface area contributed by atoms with Gasteiger partial charge in [0.1, 0.15) is 11.6 Å². The Morgan fingerprint density at radius 1 is 1.35 bits per heavy atom. The molecule has 0 unspecified atom stereocenters. The summed E-state index contributed by atoms with van der Waals surface area (Å²) in [5, 5.41) is 11.3. The molecule has 0 aliphatic heterocycles. The number of nitrogens with one attached hydrogen (secondary N) is 1. The predicted molar refractivity (Wildman–Crippen MR) is 85.3 cm³/mol. The second-order valence-electron chi connectivity index (χ2n) is 4.46. The number of nitrogens with zero attached hydrogens (tertiary/aromatic N) is 3. The number of furan rings is 1. The smallest absolute Gasteiger partial charge is 0.277 e. The van der Waals surface area contributed by atoms with Crippen LogP contribution in [0.2, 0.25) is 5.02 Å². The first-order valence-corrected chi connectivity index (χ1v) is 7.90. The average molecular weight is 351 g/mol. The summed E-state index contributed by atoms with van der Waals surface area (Å²) < 4.78 is 10.7. The van der Waals surface area contributed by atoms with Crippen LogP contribution in [0.15, 0.2) is 44.7 Å². The van der Waals surface area contributed by atoms with Gasteiger partial charge in [0, 0.05) is 6.20 Å². The zero-order valence-corrected chi connectivity index (χ0v) is 13.5. The van der Waals surface area contributed by atoms with Crippen molar-refractivity contribution < 1.29 is 13.6 Å². The average Bonchev–Trinajstić information content (AvgIpc) is 3.16. The number of carbonyl (C=O) groups is 1. The van der Waals surface area contributed by atoms with Crippen molar-refractivity contribution in [3.8, 4) is 11.5 Å². The Morgan fingerprint density at radius 2 is 2.22 bits per heavy atom. The highest BCUT2D eigenvalue weighted by atomic mass is 35.5. The molecule has 9 heteroatoms. The van der Waals surface area contributed by atoms with Crippen molar-refractivity contribution in [2.45, 2.75) is 12.1 Å². The van der Waals surface area contributed by atoms with Crippen LogP contribution in [0, 0.1) is 6.92 Å². The molecular formula is C14H11ClN4O3S. The van der Waals surface area contributed by atoms with E-state index in [4.69, 9.17) is 20.4 Å². The lowest BCUT2D eigenvalue weighted by Gasteiger charge is -2.02. The molecule has 23 heavy (non-hydrogen) atoms. The van der Waals surface area contributed by atoms with Gasteiger partial charge in [0.15, 0.2) is 0 Å². The van der Waals surface area contributed by atoms with Gasteiger partial charge in [0.05, 0.1) is 22.6 Å². The first-order valence-electron chi connectivity index (χ1n) is 6.54. The van der Waals surface area contributed by atoms with Crippen molar-refractivity contribution in [2.24, 2.45) is 0 Å². The third-order valence-corrected chi connectivity index (χ3v) is 3.86. The normalized spacial score (nSPS) is 10.7. The van der Waals surface area contributed by atoms with Crippen LogP contribution in [0.1, 0.15) is 5.76 Å². The molecule has 1 amide bonds. The molecule has 0 aliphatic rings. The first-order chi connectivity index (χ1) is 11.1. The van der Waals surface area contributed by atoms with Crippen LogP contribution < -0.4 is 5.32 Å². The Labute approximate surface area is 140 Å². The third-order valence-electron chi connectivity index (χ3n) is 2.82. The summed E-state index contributed by atoms with van der Waals surface area (Å²) >= 11 is 6.87. The molecule has 0 spiro atoms. The maximum absolute atomic E-state index is 11.9. The number of aromatic nitrogens is 3. The zero-order chi connectivity index (χ0) is 16.2. The third kappa shape index (κ3) is 3.91. The number of halogens is 1. The van der Waals surface area contributed by atoms with Gasteiger partial charge in [-0.25, -0.2) is 4.98 Å². The van der Waals surface area contributed by atoms with Gasteiger partial charge in [-0.05, 0) is 25.1 Å². The molecule has 3 rings (SSSR count). The van der Waals surface area contributed by atoms with Crippen LogP contribution >= 0.6 is 23.4 Å². The van der Waals surface area contributed by atoms with E-state index < -0.39 is 0 Å². The molecule has 3 aromatic heterocycles. The monoisotopic (exact) mass is 350 g/mol. The van der Waals surface area contributed by atoms with Crippen molar-refractivity contribution in [3.63, 3.8) is 0 Å². The largest absolute Gasteiger partial charge is 0.469 e. The minimum atomic E-state index is -0.232. The van der Waals surface area contributed by atoms with E-state index in [-0.39, 0.29) is 11.7 Å². The van der Waals surface area contributed by atoms with Crippen molar-refractivity contribution in [1.82, 2.24) is 15.2 Å². The zero-order valence-electron chi connectivity index (χ0n) is 11.9. The second-order valence-corrected chi connectivity index (χ2v) is 5.83. The number of hydrogen-bond donors (Lipinski definition) is 1. The Hall–Kier alpha value is -2.32. The first kappa shape index (κ1) is 15.6. The van der Waals surface area contributed by atoms with E-state index in [9.17, 15) is 4.79 Å². The van der Waals surface area contributed by atoms with Gasteiger partial charge in [0.2, 0.25) is 5.91 Å². The fourth-order valence-electron chi connectivity index (χ4n) is 1.74. The number of aryl methyl sites for hydroxylation is 1. The standard InChI is InChI=1S/C14H11ClN4O3S/c1-8-10(4-5-21-8)13-18-19-14(22-13)23-7-12(20)17-11-3-2-9(15)6-16-11/h2-6H,7H2,1H3,(H,16,17,20). The highest BCUT2D eigenvalue weighted by Crippen LogP contribution is 2.26. The molecule has 1 N–H and O–H groups in total. The summed E-state index contributed by atoms with van der Waals surface area (Å²) in [5.41, 5.74) is 0.735.